The Morgan fingerprint density at radius 1 is 1.53 bits per heavy atom. The first-order chi connectivity index (χ1) is 8.11. The van der Waals surface area contributed by atoms with Gasteiger partial charge in [0.05, 0.1) is 6.42 Å². The van der Waals surface area contributed by atoms with E-state index in [1.165, 1.54) is 0 Å². The van der Waals surface area contributed by atoms with Gasteiger partial charge >= 0.3 is 5.97 Å². The lowest BCUT2D eigenvalue weighted by atomic mass is 9.96. The van der Waals surface area contributed by atoms with Crippen molar-refractivity contribution in [3.8, 4) is 0 Å². The fourth-order valence-electron chi connectivity index (χ4n) is 2.11. The van der Waals surface area contributed by atoms with Crippen molar-refractivity contribution < 1.29 is 19.0 Å². The number of esters is 1. The third kappa shape index (κ3) is 2.59. The molecule has 2 unspecified atom stereocenters. The third-order valence-electron chi connectivity index (χ3n) is 3.01. The molecule has 1 heterocycles. The predicted octanol–water partition coefficient (Wildman–Crippen LogP) is 1.20. The summed E-state index contributed by atoms with van der Waals surface area (Å²) >= 11 is 0. The molecule has 0 radical (unpaired) electrons. The van der Waals surface area contributed by atoms with Crippen molar-refractivity contribution in [3.63, 3.8) is 0 Å². The minimum Gasteiger partial charge on any atom is -0.461 e. The van der Waals surface area contributed by atoms with Crippen LogP contribution in [0.15, 0.2) is 18.2 Å². The number of aryl methyl sites for hydroxylation is 1. The number of ether oxygens (including phenoxy) is 1. The molecule has 1 fully saturated rings. The first-order valence-corrected chi connectivity index (χ1v) is 7.01. The van der Waals surface area contributed by atoms with Crippen molar-refractivity contribution in [1.82, 2.24) is 0 Å². The Morgan fingerprint density at radius 3 is 2.76 bits per heavy atom. The number of carbonyl (C=O) groups is 1. The maximum Gasteiger partial charge on any atom is 0.309 e. The Bertz CT molecular complexity index is 462. The molecule has 0 amide bonds. The second kappa shape index (κ2) is 5.03. The highest BCUT2D eigenvalue weighted by Gasteiger charge is 2.30. The first-order valence-electron chi connectivity index (χ1n) is 5.65. The van der Waals surface area contributed by atoms with Crippen molar-refractivity contribution in [2.24, 2.45) is 0 Å². The third-order valence-corrected chi connectivity index (χ3v) is 3.94. The van der Waals surface area contributed by atoms with Gasteiger partial charge in [-0.2, -0.15) is 0 Å². The van der Waals surface area contributed by atoms with E-state index in [0.29, 0.717) is 18.1 Å². The Balaban J connectivity index is 2.28. The SMILES string of the molecule is CCc1cccc([PH](=O)O)c1CC1CC(=O)O1. The zero-order valence-electron chi connectivity index (χ0n) is 9.60. The van der Waals surface area contributed by atoms with Gasteiger partial charge in [-0.15, -0.1) is 0 Å². The van der Waals surface area contributed by atoms with Crippen LogP contribution >= 0.6 is 8.03 Å². The topological polar surface area (TPSA) is 63.6 Å². The molecule has 92 valence electrons. The van der Waals surface area contributed by atoms with Crippen LogP contribution in [0.2, 0.25) is 0 Å². The van der Waals surface area contributed by atoms with E-state index in [-0.39, 0.29) is 12.1 Å². The molecule has 0 aliphatic carbocycles. The molecular formula is C12H15O4P. The minimum absolute atomic E-state index is 0.129. The molecule has 0 spiro atoms. The first kappa shape index (κ1) is 12.3. The Morgan fingerprint density at radius 2 is 2.24 bits per heavy atom. The normalized spacial score (nSPS) is 20.6. The van der Waals surface area contributed by atoms with Crippen LogP contribution in [-0.2, 0) is 26.9 Å². The van der Waals surface area contributed by atoms with Gasteiger partial charge < -0.3 is 9.63 Å². The summed E-state index contributed by atoms with van der Waals surface area (Å²) in [5.41, 5.74) is 1.93. The number of cyclic esters (lactones) is 1. The number of rotatable bonds is 4. The maximum absolute atomic E-state index is 11.3. The van der Waals surface area contributed by atoms with Crippen molar-refractivity contribution in [1.29, 1.82) is 0 Å². The van der Waals surface area contributed by atoms with Gasteiger partial charge in [0.25, 0.3) is 0 Å². The van der Waals surface area contributed by atoms with Crippen LogP contribution in [0.25, 0.3) is 0 Å². The molecule has 1 saturated heterocycles. The summed E-state index contributed by atoms with van der Waals surface area (Å²) in [7, 11) is -2.71. The molecule has 0 aromatic heterocycles. The second-order valence-electron chi connectivity index (χ2n) is 4.12. The van der Waals surface area contributed by atoms with E-state index in [0.717, 1.165) is 17.5 Å². The lowest BCUT2D eigenvalue weighted by Gasteiger charge is -2.27. The highest BCUT2D eigenvalue weighted by atomic mass is 31.1. The van der Waals surface area contributed by atoms with Crippen LogP contribution in [0.3, 0.4) is 0 Å². The lowest BCUT2D eigenvalue weighted by Crippen LogP contribution is -2.35. The van der Waals surface area contributed by atoms with Crippen LogP contribution < -0.4 is 5.30 Å². The standard InChI is InChI=1S/C12H15O4P/c1-2-8-4-3-5-11(17(14)15)10(8)6-9-7-12(13)16-9/h3-5,9,17H,2,6-7H2,1H3,(H,14,15). The maximum atomic E-state index is 11.3. The molecule has 1 N–H and O–H groups in total. The summed E-state index contributed by atoms with van der Waals surface area (Å²) in [4.78, 5) is 20.1. The van der Waals surface area contributed by atoms with Gasteiger partial charge in [0, 0.05) is 11.7 Å². The molecule has 1 aliphatic heterocycles. The number of carbonyl (C=O) groups excluding carboxylic acids is 1. The Labute approximate surface area is 100 Å². The number of benzene rings is 1. The summed E-state index contributed by atoms with van der Waals surface area (Å²) in [5, 5.41) is 0.497. The van der Waals surface area contributed by atoms with Gasteiger partial charge in [-0.1, -0.05) is 19.1 Å². The quantitative estimate of drug-likeness (QED) is 0.647. The van der Waals surface area contributed by atoms with E-state index in [1.807, 2.05) is 13.0 Å². The molecule has 5 heteroatoms. The Kier molecular flexibility index (Phi) is 3.65. The summed E-state index contributed by atoms with van der Waals surface area (Å²) < 4.78 is 16.3. The van der Waals surface area contributed by atoms with Gasteiger partial charge in [0.15, 0.2) is 0 Å². The molecular weight excluding hydrogens is 239 g/mol. The van der Waals surface area contributed by atoms with Crippen LogP contribution in [0.4, 0.5) is 0 Å². The van der Waals surface area contributed by atoms with Crippen LogP contribution in [0.5, 0.6) is 0 Å². The fourth-order valence-corrected chi connectivity index (χ4v) is 2.87. The van der Waals surface area contributed by atoms with Gasteiger partial charge in [-0.25, -0.2) is 0 Å². The zero-order valence-corrected chi connectivity index (χ0v) is 10.6. The lowest BCUT2D eigenvalue weighted by molar-refractivity contribution is -0.169. The van der Waals surface area contributed by atoms with Crippen molar-refractivity contribution in [2.75, 3.05) is 0 Å². The van der Waals surface area contributed by atoms with Crippen molar-refractivity contribution in [2.45, 2.75) is 32.3 Å². The molecule has 1 aromatic carbocycles. The smallest absolute Gasteiger partial charge is 0.309 e. The van der Waals surface area contributed by atoms with E-state index in [2.05, 4.69) is 0 Å². The molecule has 2 atom stereocenters. The highest BCUT2D eigenvalue weighted by Crippen LogP contribution is 2.25. The molecule has 0 saturated carbocycles. The van der Waals surface area contributed by atoms with Gasteiger partial charge in [0.2, 0.25) is 8.03 Å². The number of hydrogen-bond acceptors (Lipinski definition) is 3. The predicted molar refractivity (Wildman–Crippen MR) is 64.9 cm³/mol. The largest absolute Gasteiger partial charge is 0.461 e. The summed E-state index contributed by atoms with van der Waals surface area (Å²) in [5.74, 6) is -0.192. The monoisotopic (exact) mass is 254 g/mol. The molecule has 4 nitrogen and oxygen atoms in total. The molecule has 2 rings (SSSR count). The average molecular weight is 254 g/mol. The van der Waals surface area contributed by atoms with E-state index >= 15 is 0 Å². The van der Waals surface area contributed by atoms with Crippen molar-refractivity contribution >= 4 is 19.3 Å². The fraction of sp³-hybridized carbons (Fsp3) is 0.417. The molecule has 0 bridgehead atoms. The number of hydrogen-bond donors (Lipinski definition) is 1. The van der Waals surface area contributed by atoms with Gasteiger partial charge in [-0.05, 0) is 23.6 Å². The van der Waals surface area contributed by atoms with Gasteiger partial charge in [-0.3, -0.25) is 9.36 Å². The molecule has 1 aliphatic rings. The Hall–Kier alpha value is -1.12. The van der Waals surface area contributed by atoms with E-state index in [4.69, 9.17) is 4.74 Å². The highest BCUT2D eigenvalue weighted by molar-refractivity contribution is 7.47. The minimum atomic E-state index is -2.71. The van der Waals surface area contributed by atoms with E-state index < -0.39 is 8.03 Å². The summed E-state index contributed by atoms with van der Waals surface area (Å²) in [6, 6.07) is 5.42. The molecule has 1 aromatic rings. The second-order valence-corrected chi connectivity index (χ2v) is 5.27. The van der Waals surface area contributed by atoms with Crippen LogP contribution in [0, 0.1) is 0 Å². The van der Waals surface area contributed by atoms with Crippen LogP contribution in [0.1, 0.15) is 24.5 Å². The molecule has 17 heavy (non-hydrogen) atoms. The summed E-state index contributed by atoms with van der Waals surface area (Å²) in [6.45, 7) is 2.00. The van der Waals surface area contributed by atoms with E-state index in [1.54, 1.807) is 12.1 Å². The summed E-state index contributed by atoms with van der Waals surface area (Å²) in [6.07, 6.45) is 1.63. The zero-order chi connectivity index (χ0) is 12.4. The van der Waals surface area contributed by atoms with Crippen LogP contribution in [-0.4, -0.2) is 17.0 Å². The van der Waals surface area contributed by atoms with Gasteiger partial charge in [0.1, 0.15) is 6.10 Å². The average Bonchev–Trinajstić information content (AvgIpc) is 2.26. The van der Waals surface area contributed by atoms with E-state index in [9.17, 15) is 14.3 Å². The van der Waals surface area contributed by atoms with Crippen molar-refractivity contribution in [3.05, 3.63) is 29.3 Å².